The van der Waals surface area contributed by atoms with Gasteiger partial charge >= 0.3 is 0 Å². The molecule has 0 atom stereocenters. The molecular weight excluding hydrogens is 320 g/mol. The Balaban J connectivity index is 2.35. The Kier molecular flexibility index (Phi) is 4.67. The minimum atomic E-state index is -0.0567. The zero-order valence-corrected chi connectivity index (χ0v) is 13.4. The van der Waals surface area contributed by atoms with E-state index in [2.05, 4.69) is 30.9 Å². The van der Waals surface area contributed by atoms with E-state index in [4.69, 9.17) is 0 Å². The van der Waals surface area contributed by atoms with Gasteiger partial charge in [-0.2, -0.15) is 5.10 Å². The van der Waals surface area contributed by atoms with Crippen LogP contribution < -0.4 is 0 Å². The number of aromatic nitrogens is 3. The number of likely N-dealkylation sites (N-methyl/N-ethyl adjacent to an activating group) is 1. The summed E-state index contributed by atoms with van der Waals surface area (Å²) in [6.45, 7) is 3.32. The fourth-order valence-corrected chi connectivity index (χ4v) is 2.38. The number of nitrogens with zero attached hydrogens (tertiary/aromatic N) is 4. The zero-order chi connectivity index (χ0) is 14.7. The molecule has 106 valence electrons. The third-order valence-corrected chi connectivity index (χ3v) is 3.60. The third kappa shape index (κ3) is 3.13. The smallest absolute Gasteiger partial charge is 0.214 e. The Morgan fingerprint density at radius 2 is 2.20 bits per heavy atom. The average molecular weight is 337 g/mol. The Hall–Kier alpha value is -1.53. The lowest BCUT2D eigenvalue weighted by Gasteiger charge is -2.12. The van der Waals surface area contributed by atoms with E-state index >= 15 is 0 Å². The predicted molar refractivity (Wildman–Crippen MR) is 80.9 cm³/mol. The maximum absolute atomic E-state index is 12.7. The first-order valence-electron chi connectivity index (χ1n) is 6.33. The Morgan fingerprint density at radius 1 is 1.45 bits per heavy atom. The van der Waals surface area contributed by atoms with Crippen LogP contribution in [0.3, 0.4) is 0 Å². The Bertz CT molecular complexity index is 621. The van der Waals surface area contributed by atoms with Crippen molar-refractivity contribution in [2.75, 3.05) is 20.6 Å². The van der Waals surface area contributed by atoms with Gasteiger partial charge in [0.2, 0.25) is 5.78 Å². The number of pyridine rings is 1. The van der Waals surface area contributed by atoms with Crippen molar-refractivity contribution in [2.24, 2.45) is 0 Å². The van der Waals surface area contributed by atoms with Gasteiger partial charge in [0.05, 0.1) is 17.2 Å². The summed E-state index contributed by atoms with van der Waals surface area (Å²) < 4.78 is 2.45. The lowest BCUT2D eigenvalue weighted by Crippen LogP contribution is -2.22. The van der Waals surface area contributed by atoms with E-state index in [-0.39, 0.29) is 5.78 Å². The SMILES string of the molecule is Cc1ncccc1C(=O)c1c(Br)cnn1CCN(C)C. The molecule has 0 saturated carbocycles. The minimum absolute atomic E-state index is 0.0567. The van der Waals surface area contributed by atoms with Gasteiger partial charge in [-0.15, -0.1) is 0 Å². The quantitative estimate of drug-likeness (QED) is 0.785. The highest BCUT2D eigenvalue weighted by atomic mass is 79.9. The van der Waals surface area contributed by atoms with Crippen LogP contribution in [0, 0.1) is 6.92 Å². The van der Waals surface area contributed by atoms with E-state index in [1.165, 1.54) is 0 Å². The van der Waals surface area contributed by atoms with Crippen molar-refractivity contribution in [1.82, 2.24) is 19.7 Å². The molecule has 0 radical (unpaired) electrons. The van der Waals surface area contributed by atoms with Gasteiger partial charge in [-0.1, -0.05) is 0 Å². The topological polar surface area (TPSA) is 51.0 Å². The van der Waals surface area contributed by atoms with Gasteiger partial charge in [0.15, 0.2) is 0 Å². The van der Waals surface area contributed by atoms with Crippen molar-refractivity contribution in [1.29, 1.82) is 0 Å². The number of rotatable bonds is 5. The summed E-state index contributed by atoms with van der Waals surface area (Å²) in [6, 6.07) is 3.56. The standard InChI is InChI=1S/C14H17BrN4O/c1-10-11(5-4-6-16-10)14(20)13-12(15)9-17-19(13)8-7-18(2)3/h4-6,9H,7-8H2,1-3H3. The average Bonchev–Trinajstić information content (AvgIpc) is 2.77. The maximum Gasteiger partial charge on any atom is 0.214 e. The van der Waals surface area contributed by atoms with Gasteiger partial charge in [0.25, 0.3) is 0 Å². The molecule has 0 aliphatic rings. The first-order chi connectivity index (χ1) is 9.50. The van der Waals surface area contributed by atoms with Crippen LogP contribution in [0.2, 0.25) is 0 Å². The second-order valence-electron chi connectivity index (χ2n) is 4.83. The molecule has 0 unspecified atom stereocenters. The van der Waals surface area contributed by atoms with E-state index in [1.807, 2.05) is 21.0 Å². The summed E-state index contributed by atoms with van der Waals surface area (Å²) in [4.78, 5) is 18.9. The molecule has 2 heterocycles. The number of halogens is 1. The highest BCUT2D eigenvalue weighted by molar-refractivity contribution is 9.10. The summed E-state index contributed by atoms with van der Waals surface area (Å²) in [5.41, 5.74) is 1.91. The Labute approximate surface area is 126 Å². The first kappa shape index (κ1) is 14.9. The number of carbonyl (C=O) groups excluding carboxylic acids is 1. The molecule has 2 aromatic rings. The van der Waals surface area contributed by atoms with Gasteiger partial charge in [-0.25, -0.2) is 0 Å². The second kappa shape index (κ2) is 6.28. The van der Waals surface area contributed by atoms with Crippen LogP contribution in [0.1, 0.15) is 21.7 Å². The van der Waals surface area contributed by atoms with Gasteiger partial charge in [-0.05, 0) is 49.1 Å². The summed E-state index contributed by atoms with van der Waals surface area (Å²) in [5.74, 6) is -0.0567. The lowest BCUT2D eigenvalue weighted by molar-refractivity contribution is 0.102. The van der Waals surface area contributed by atoms with Crippen LogP contribution >= 0.6 is 15.9 Å². The summed E-state index contributed by atoms with van der Waals surface area (Å²) in [7, 11) is 3.98. The van der Waals surface area contributed by atoms with E-state index in [0.717, 1.165) is 12.2 Å². The fraction of sp³-hybridized carbons (Fsp3) is 0.357. The molecule has 0 aliphatic heterocycles. The predicted octanol–water partition coefficient (Wildman–Crippen LogP) is 2.14. The summed E-state index contributed by atoms with van der Waals surface area (Å²) in [5, 5.41) is 4.27. The Morgan fingerprint density at radius 3 is 2.85 bits per heavy atom. The van der Waals surface area contributed by atoms with Crippen molar-refractivity contribution in [3.63, 3.8) is 0 Å². The molecule has 6 heteroatoms. The third-order valence-electron chi connectivity index (χ3n) is 3.02. The normalized spacial score (nSPS) is 11.1. The molecule has 0 amide bonds. The molecule has 20 heavy (non-hydrogen) atoms. The molecule has 0 N–H and O–H groups in total. The number of ketones is 1. The van der Waals surface area contributed by atoms with Crippen molar-refractivity contribution < 1.29 is 4.79 Å². The molecule has 2 rings (SSSR count). The number of hydrogen-bond donors (Lipinski definition) is 0. The van der Waals surface area contributed by atoms with Crippen LogP contribution in [0.4, 0.5) is 0 Å². The van der Waals surface area contributed by atoms with Gasteiger partial charge in [0, 0.05) is 24.0 Å². The van der Waals surface area contributed by atoms with E-state index < -0.39 is 0 Å². The molecule has 0 fully saturated rings. The van der Waals surface area contributed by atoms with Crippen molar-refractivity contribution in [3.05, 3.63) is 46.0 Å². The van der Waals surface area contributed by atoms with E-state index in [1.54, 1.807) is 29.2 Å². The van der Waals surface area contributed by atoms with Gasteiger partial charge in [-0.3, -0.25) is 14.5 Å². The molecule has 0 spiro atoms. The zero-order valence-electron chi connectivity index (χ0n) is 11.8. The molecule has 0 bridgehead atoms. The van der Waals surface area contributed by atoms with Crippen molar-refractivity contribution >= 4 is 21.7 Å². The highest BCUT2D eigenvalue weighted by Crippen LogP contribution is 2.20. The van der Waals surface area contributed by atoms with Crippen LogP contribution in [-0.4, -0.2) is 46.1 Å². The van der Waals surface area contributed by atoms with Crippen molar-refractivity contribution in [3.8, 4) is 0 Å². The molecule has 2 aromatic heterocycles. The van der Waals surface area contributed by atoms with Gasteiger partial charge in [0.1, 0.15) is 5.69 Å². The summed E-state index contributed by atoms with van der Waals surface area (Å²) >= 11 is 3.41. The molecule has 0 aromatic carbocycles. The number of aryl methyl sites for hydroxylation is 1. The molecular formula is C14H17BrN4O. The van der Waals surface area contributed by atoms with Crippen LogP contribution in [-0.2, 0) is 6.54 Å². The highest BCUT2D eigenvalue weighted by Gasteiger charge is 2.20. The second-order valence-corrected chi connectivity index (χ2v) is 5.69. The van der Waals surface area contributed by atoms with Crippen LogP contribution in [0.25, 0.3) is 0 Å². The van der Waals surface area contributed by atoms with Crippen LogP contribution in [0.5, 0.6) is 0 Å². The van der Waals surface area contributed by atoms with Crippen LogP contribution in [0.15, 0.2) is 29.0 Å². The van der Waals surface area contributed by atoms with Gasteiger partial charge < -0.3 is 4.90 Å². The number of carbonyl (C=O) groups is 1. The monoisotopic (exact) mass is 336 g/mol. The lowest BCUT2D eigenvalue weighted by atomic mass is 10.1. The number of hydrogen-bond acceptors (Lipinski definition) is 4. The summed E-state index contributed by atoms with van der Waals surface area (Å²) in [6.07, 6.45) is 3.35. The fourth-order valence-electron chi connectivity index (χ4n) is 1.90. The molecule has 0 saturated heterocycles. The first-order valence-corrected chi connectivity index (χ1v) is 7.12. The molecule has 0 aliphatic carbocycles. The minimum Gasteiger partial charge on any atom is -0.308 e. The molecule has 5 nitrogen and oxygen atoms in total. The largest absolute Gasteiger partial charge is 0.308 e. The maximum atomic E-state index is 12.7. The van der Waals surface area contributed by atoms with E-state index in [9.17, 15) is 4.79 Å². The van der Waals surface area contributed by atoms with E-state index in [0.29, 0.717) is 22.3 Å². The van der Waals surface area contributed by atoms with Crippen molar-refractivity contribution in [2.45, 2.75) is 13.5 Å².